The molecule has 1 heterocycles. The average Bonchev–Trinajstić information content (AvgIpc) is 2.79. The molecule has 0 aliphatic carbocycles. The second-order valence-electron chi connectivity index (χ2n) is 6.51. The fourth-order valence-electron chi connectivity index (χ4n) is 2.73. The summed E-state index contributed by atoms with van der Waals surface area (Å²) in [5.74, 6) is 8.85. The maximum absolute atomic E-state index is 6.18. The number of nitrogens with zero attached hydrogens (tertiary/aromatic N) is 2. The predicted octanol–water partition coefficient (Wildman–Crippen LogP) is 4.55. The first kappa shape index (κ1) is 26.1. The maximum Gasteiger partial charge on any atom is 0.170 e. The van der Waals surface area contributed by atoms with Crippen molar-refractivity contribution in [2.24, 2.45) is 11.7 Å². The van der Waals surface area contributed by atoms with E-state index in [2.05, 4.69) is 48.1 Å². The lowest BCUT2D eigenvalue weighted by Gasteiger charge is -2.24. The average molecular weight is 557 g/mol. The molecule has 0 saturated heterocycles. The van der Waals surface area contributed by atoms with Crippen molar-refractivity contribution in [3.8, 4) is 0 Å². The van der Waals surface area contributed by atoms with Crippen molar-refractivity contribution in [3.63, 3.8) is 0 Å². The van der Waals surface area contributed by atoms with Crippen molar-refractivity contribution in [2.45, 2.75) is 6.54 Å². The van der Waals surface area contributed by atoms with Gasteiger partial charge in [0, 0.05) is 41.7 Å². The zero-order chi connectivity index (χ0) is 23.5. The second kappa shape index (κ2) is 13.4. The van der Waals surface area contributed by atoms with E-state index in [4.69, 9.17) is 41.2 Å². The summed E-state index contributed by atoms with van der Waals surface area (Å²) in [7, 11) is 0. The van der Waals surface area contributed by atoms with E-state index in [9.17, 15) is 0 Å². The number of hydrazine groups is 1. The van der Waals surface area contributed by atoms with E-state index in [0.717, 1.165) is 21.5 Å². The Kier molecular flexibility index (Phi) is 10.9. The largest absolute Gasteiger partial charge is 0.399 e. The molecular weight excluding hydrogens is 533 g/mol. The molecule has 11 heteroatoms. The van der Waals surface area contributed by atoms with Crippen LogP contribution in [0.1, 0.15) is 5.56 Å². The summed E-state index contributed by atoms with van der Waals surface area (Å²) in [5.41, 5.74) is 8.34. The molecule has 0 unspecified atom stereocenters. The number of pyridine rings is 1. The van der Waals surface area contributed by atoms with E-state index >= 15 is 0 Å². The van der Waals surface area contributed by atoms with Gasteiger partial charge in [-0.15, -0.1) is 0 Å². The van der Waals surface area contributed by atoms with Gasteiger partial charge in [-0.1, -0.05) is 29.3 Å². The number of aromatic nitrogens is 1. The van der Waals surface area contributed by atoms with Gasteiger partial charge in [0.25, 0.3) is 0 Å². The molecule has 3 aromatic rings. The normalized spacial score (nSPS) is 10.0. The number of halogens is 3. The Hall–Kier alpha value is -2.14. The fraction of sp³-hybridized carbons (Fsp3) is 0.143. The zero-order valence-electron chi connectivity index (χ0n) is 17.1. The minimum absolute atomic E-state index is 0.532. The van der Waals surface area contributed by atoms with Crippen LogP contribution in [0.3, 0.4) is 0 Å². The summed E-state index contributed by atoms with van der Waals surface area (Å²) in [5, 5.41) is 7.98. The third-order valence-corrected chi connectivity index (χ3v) is 5.68. The van der Waals surface area contributed by atoms with E-state index in [1.807, 2.05) is 48.5 Å². The first-order valence-electron chi connectivity index (χ1n) is 9.45. The highest BCUT2D eigenvalue weighted by Crippen LogP contribution is 2.24. The van der Waals surface area contributed by atoms with E-state index < -0.39 is 0 Å². The van der Waals surface area contributed by atoms with Gasteiger partial charge in [-0.3, -0.25) is 11.7 Å². The molecule has 0 radical (unpaired) electrons. The van der Waals surface area contributed by atoms with E-state index in [1.165, 1.54) is 0 Å². The molecule has 0 atom stereocenters. The molecule has 8 N–H and O–H groups in total. The molecule has 0 aliphatic rings. The van der Waals surface area contributed by atoms with Crippen molar-refractivity contribution in [2.75, 3.05) is 29.0 Å². The van der Waals surface area contributed by atoms with Crippen molar-refractivity contribution in [3.05, 3.63) is 80.9 Å². The molecule has 1 aromatic heterocycles. The van der Waals surface area contributed by atoms with Gasteiger partial charge in [-0.2, -0.15) is 0 Å². The van der Waals surface area contributed by atoms with Gasteiger partial charge in [0.1, 0.15) is 5.82 Å². The van der Waals surface area contributed by atoms with Crippen molar-refractivity contribution in [1.82, 2.24) is 10.3 Å². The molecule has 32 heavy (non-hydrogen) atoms. The number of anilines is 3. The highest BCUT2D eigenvalue weighted by Gasteiger charge is 2.11. The molecular formula is C21H24BrCl2N7S. The van der Waals surface area contributed by atoms with Crippen LogP contribution < -0.4 is 33.0 Å². The lowest BCUT2D eigenvalue weighted by atomic mass is 10.2. The van der Waals surface area contributed by atoms with Gasteiger partial charge in [-0.25, -0.2) is 4.98 Å². The number of thiocarbonyl (C=S) groups is 1. The van der Waals surface area contributed by atoms with Crippen LogP contribution in [0.2, 0.25) is 10.0 Å². The minimum Gasteiger partial charge on any atom is -0.399 e. The minimum atomic E-state index is 0.532. The monoisotopic (exact) mass is 555 g/mol. The Labute approximate surface area is 211 Å². The summed E-state index contributed by atoms with van der Waals surface area (Å²) >= 11 is 21.0. The quantitative estimate of drug-likeness (QED) is 0.124. The molecule has 3 rings (SSSR count). The number of nitrogens with one attached hydrogen (secondary N) is 2. The third-order valence-electron chi connectivity index (χ3n) is 4.23. The summed E-state index contributed by atoms with van der Waals surface area (Å²) in [6.07, 6.45) is 1.78. The van der Waals surface area contributed by atoms with Gasteiger partial charge in [0.15, 0.2) is 5.11 Å². The smallest absolute Gasteiger partial charge is 0.170 e. The Morgan fingerprint density at radius 2 is 1.75 bits per heavy atom. The number of nitrogens with two attached hydrogens (primary N) is 3. The van der Waals surface area contributed by atoms with Crippen LogP contribution >= 0.6 is 51.3 Å². The molecule has 0 aliphatic heterocycles. The lowest BCUT2D eigenvalue weighted by molar-refractivity contribution is 0.747. The first-order chi connectivity index (χ1) is 15.4. The molecule has 170 valence electrons. The number of nitrogen functional groups attached to an aromatic ring is 1. The van der Waals surface area contributed by atoms with E-state index in [-0.39, 0.29) is 0 Å². The van der Waals surface area contributed by atoms with E-state index in [0.29, 0.717) is 40.5 Å². The molecule has 0 saturated carbocycles. The van der Waals surface area contributed by atoms with Crippen LogP contribution in [0.5, 0.6) is 0 Å². The SMILES string of the molecule is NN.Nc1ccc(NC(=S)NCCN(Cc2ccc(Cl)c(Cl)c2)c2ccc(Br)cn2)cc1. The van der Waals surface area contributed by atoms with Crippen molar-refractivity contribution < 1.29 is 0 Å². The van der Waals surface area contributed by atoms with Gasteiger partial charge < -0.3 is 21.3 Å². The number of hydrogen-bond acceptors (Lipinski definition) is 6. The molecule has 0 bridgehead atoms. The Balaban J connectivity index is 0.00000176. The fourth-order valence-corrected chi connectivity index (χ4v) is 3.51. The molecule has 0 amide bonds. The lowest BCUT2D eigenvalue weighted by Crippen LogP contribution is -2.37. The summed E-state index contributed by atoms with van der Waals surface area (Å²) in [6, 6.07) is 17.0. The summed E-state index contributed by atoms with van der Waals surface area (Å²) in [4.78, 5) is 6.66. The van der Waals surface area contributed by atoms with Gasteiger partial charge in [0.2, 0.25) is 0 Å². The van der Waals surface area contributed by atoms with Crippen LogP contribution in [0, 0.1) is 0 Å². The number of rotatable bonds is 7. The Morgan fingerprint density at radius 1 is 1.03 bits per heavy atom. The number of benzene rings is 2. The van der Waals surface area contributed by atoms with Crippen LogP contribution in [-0.4, -0.2) is 23.2 Å². The molecule has 0 fully saturated rings. The van der Waals surface area contributed by atoms with Gasteiger partial charge in [0.05, 0.1) is 10.0 Å². The Morgan fingerprint density at radius 3 is 2.38 bits per heavy atom. The molecule has 0 spiro atoms. The van der Waals surface area contributed by atoms with Crippen LogP contribution in [-0.2, 0) is 6.54 Å². The topological polar surface area (TPSA) is 118 Å². The highest BCUT2D eigenvalue weighted by atomic mass is 79.9. The third kappa shape index (κ3) is 8.42. The van der Waals surface area contributed by atoms with Crippen molar-refractivity contribution in [1.29, 1.82) is 0 Å². The maximum atomic E-state index is 6.18. The van der Waals surface area contributed by atoms with Crippen molar-refractivity contribution >= 4 is 73.7 Å². The molecule has 7 nitrogen and oxygen atoms in total. The standard InChI is InChI=1S/C21H20BrCl2N5S.H4N2/c22-15-2-8-20(27-12-15)29(13-14-1-7-18(23)19(24)11-14)10-9-26-21(30)28-17-5-3-16(25)4-6-17;1-2/h1-8,11-12H,9-10,13,25H2,(H2,26,28,30);1-2H2. The van der Waals surface area contributed by atoms with Crippen LogP contribution in [0.25, 0.3) is 0 Å². The van der Waals surface area contributed by atoms with E-state index in [1.54, 1.807) is 12.3 Å². The van der Waals surface area contributed by atoms with Gasteiger partial charge >= 0.3 is 0 Å². The Bertz CT molecular complexity index is 1000. The van der Waals surface area contributed by atoms with Gasteiger partial charge in [-0.05, 0) is 82.2 Å². The molecule has 2 aromatic carbocycles. The summed E-state index contributed by atoms with van der Waals surface area (Å²) in [6.45, 7) is 1.93. The zero-order valence-corrected chi connectivity index (χ0v) is 21.0. The first-order valence-corrected chi connectivity index (χ1v) is 11.4. The van der Waals surface area contributed by atoms with Crippen LogP contribution in [0.15, 0.2) is 65.3 Å². The number of hydrogen-bond donors (Lipinski definition) is 5. The second-order valence-corrected chi connectivity index (χ2v) is 8.65. The predicted molar refractivity (Wildman–Crippen MR) is 143 cm³/mol. The van der Waals surface area contributed by atoms with Crippen LogP contribution in [0.4, 0.5) is 17.2 Å². The summed E-state index contributed by atoms with van der Waals surface area (Å²) < 4.78 is 0.924. The highest BCUT2D eigenvalue weighted by molar-refractivity contribution is 9.10.